The van der Waals surface area contributed by atoms with E-state index in [1.165, 1.54) is 68.0 Å². The maximum Gasteiger partial charge on any atom is 0.322 e. The fourth-order valence-electron chi connectivity index (χ4n) is 6.57. The molecule has 0 atom stereocenters. The Morgan fingerprint density at radius 3 is 2.30 bits per heavy atom. The molecular weight excluding hydrogens is 563 g/mol. The Kier molecular flexibility index (Phi) is 11.8. The summed E-state index contributed by atoms with van der Waals surface area (Å²) in [4.78, 5) is 19.2. The van der Waals surface area contributed by atoms with Crippen LogP contribution >= 0.6 is 11.6 Å². The van der Waals surface area contributed by atoms with Gasteiger partial charge in [-0.15, -0.1) is 0 Å². The molecule has 0 aliphatic carbocycles. The highest BCUT2D eigenvalue weighted by Gasteiger charge is 2.29. The van der Waals surface area contributed by atoms with Crippen molar-refractivity contribution < 1.29 is 13.9 Å². The second kappa shape index (κ2) is 15.9. The van der Waals surface area contributed by atoms with Crippen LogP contribution in [0.4, 0.5) is 9.18 Å². The molecule has 234 valence electrons. The normalized spacial score (nSPS) is 16.7. The Balaban J connectivity index is 1.04. The Hall–Kier alpha value is -2.61. The number of ether oxygens (including phenoxy) is 1. The Morgan fingerprint density at radius 2 is 1.56 bits per heavy atom. The SMILES string of the molecule is CCCCCCCCCCOCN1CCN(CCN2CCC(c3cn(-c4ccc(F)cc4)c4ccc(Cl)cc34)CC2)C1=O. The number of hydrogen-bond donors (Lipinski definition) is 0. The van der Waals surface area contributed by atoms with Crippen molar-refractivity contribution in [2.45, 2.75) is 77.0 Å². The third kappa shape index (κ3) is 8.52. The van der Waals surface area contributed by atoms with Gasteiger partial charge in [0.1, 0.15) is 12.5 Å². The molecule has 2 saturated heterocycles. The number of halogens is 2. The Bertz CT molecular complexity index is 1310. The number of rotatable bonds is 16. The molecule has 3 heterocycles. The average Bonchev–Trinajstić information content (AvgIpc) is 3.57. The minimum Gasteiger partial charge on any atom is -0.361 e. The molecule has 0 radical (unpaired) electrons. The molecule has 2 fully saturated rings. The monoisotopic (exact) mass is 610 g/mol. The zero-order valence-electron chi connectivity index (χ0n) is 25.8. The topological polar surface area (TPSA) is 41.0 Å². The molecule has 5 rings (SSSR count). The van der Waals surface area contributed by atoms with Crippen molar-refractivity contribution in [2.24, 2.45) is 0 Å². The lowest BCUT2D eigenvalue weighted by Gasteiger charge is -2.33. The highest BCUT2D eigenvalue weighted by molar-refractivity contribution is 6.31. The fraction of sp³-hybridized carbons (Fsp3) is 0.571. The van der Waals surface area contributed by atoms with E-state index < -0.39 is 0 Å². The number of unbranched alkanes of at least 4 members (excludes halogenated alkanes) is 7. The van der Waals surface area contributed by atoms with Crippen LogP contribution in [0.15, 0.2) is 48.7 Å². The number of aromatic nitrogens is 1. The maximum absolute atomic E-state index is 13.6. The van der Waals surface area contributed by atoms with Crippen LogP contribution in [0, 0.1) is 5.82 Å². The number of nitrogens with zero attached hydrogens (tertiary/aromatic N) is 4. The summed E-state index contributed by atoms with van der Waals surface area (Å²) < 4.78 is 21.6. The predicted octanol–water partition coefficient (Wildman–Crippen LogP) is 8.45. The van der Waals surface area contributed by atoms with E-state index in [0.717, 1.165) is 81.4 Å². The van der Waals surface area contributed by atoms with Gasteiger partial charge in [-0.1, -0.05) is 63.5 Å². The first-order chi connectivity index (χ1) is 21.0. The lowest BCUT2D eigenvalue weighted by molar-refractivity contribution is 0.0532. The molecule has 43 heavy (non-hydrogen) atoms. The van der Waals surface area contributed by atoms with Gasteiger partial charge < -0.3 is 19.1 Å². The van der Waals surface area contributed by atoms with E-state index in [2.05, 4.69) is 34.7 Å². The first-order valence-electron chi connectivity index (χ1n) is 16.4. The van der Waals surface area contributed by atoms with Crippen LogP contribution in [0.1, 0.15) is 82.6 Å². The number of likely N-dealkylation sites (tertiary alicyclic amines) is 1. The standard InChI is InChI=1S/C35H48ClFN4O2/c1-2-3-4-5-6-7-8-9-24-43-27-40-23-22-39(35(40)42)21-20-38-18-16-28(17-19-38)33-26-41(31-13-11-30(37)12-14-31)34-15-10-29(36)25-32(33)34/h10-15,25-26,28H,2-9,16-24,27H2,1H3. The minimum absolute atomic E-state index is 0.108. The second-order valence-corrected chi connectivity index (χ2v) is 12.7. The summed E-state index contributed by atoms with van der Waals surface area (Å²) in [5, 5.41) is 1.90. The predicted molar refractivity (Wildman–Crippen MR) is 174 cm³/mol. The van der Waals surface area contributed by atoms with E-state index in [1.807, 2.05) is 28.0 Å². The zero-order chi connectivity index (χ0) is 30.0. The van der Waals surface area contributed by atoms with Crippen molar-refractivity contribution in [3.05, 3.63) is 65.1 Å². The molecule has 1 aromatic heterocycles. The van der Waals surface area contributed by atoms with E-state index in [1.54, 1.807) is 0 Å². The van der Waals surface area contributed by atoms with Gasteiger partial charge in [0.15, 0.2) is 0 Å². The van der Waals surface area contributed by atoms with Crippen LogP contribution in [0.2, 0.25) is 5.02 Å². The van der Waals surface area contributed by atoms with Crippen LogP contribution < -0.4 is 0 Å². The summed E-state index contributed by atoms with van der Waals surface area (Å²) in [6.45, 7) is 8.59. The molecule has 0 N–H and O–H groups in total. The molecule has 0 saturated carbocycles. The molecule has 2 amide bonds. The summed E-state index contributed by atoms with van der Waals surface area (Å²) in [6.07, 6.45) is 14.6. The van der Waals surface area contributed by atoms with Crippen molar-refractivity contribution in [2.75, 3.05) is 52.6 Å². The van der Waals surface area contributed by atoms with Crippen LogP contribution in [0.3, 0.4) is 0 Å². The van der Waals surface area contributed by atoms with Gasteiger partial charge in [-0.05, 0) is 86.3 Å². The Morgan fingerprint density at radius 1 is 0.860 bits per heavy atom. The molecule has 3 aromatic rings. The van der Waals surface area contributed by atoms with Gasteiger partial charge in [0, 0.05) is 55.1 Å². The molecule has 0 unspecified atom stereocenters. The van der Waals surface area contributed by atoms with Gasteiger partial charge in [-0.25, -0.2) is 9.18 Å². The third-order valence-corrected chi connectivity index (χ3v) is 9.42. The molecule has 2 aromatic carbocycles. The highest BCUT2D eigenvalue weighted by atomic mass is 35.5. The number of carbonyl (C=O) groups is 1. The summed E-state index contributed by atoms with van der Waals surface area (Å²) in [7, 11) is 0. The molecule has 0 bridgehead atoms. The van der Waals surface area contributed by atoms with E-state index in [-0.39, 0.29) is 11.8 Å². The molecular formula is C35H48ClFN4O2. The quantitative estimate of drug-likeness (QED) is 0.153. The first-order valence-corrected chi connectivity index (χ1v) is 16.8. The van der Waals surface area contributed by atoms with Crippen LogP contribution in [0.25, 0.3) is 16.6 Å². The smallest absolute Gasteiger partial charge is 0.322 e. The van der Waals surface area contributed by atoms with E-state index in [9.17, 15) is 9.18 Å². The van der Waals surface area contributed by atoms with Gasteiger partial charge in [-0.3, -0.25) is 4.90 Å². The average molecular weight is 611 g/mol. The first kappa shape index (κ1) is 31.8. The molecule has 6 nitrogen and oxygen atoms in total. The molecule has 2 aliphatic heterocycles. The van der Waals surface area contributed by atoms with Crippen LogP contribution in [0.5, 0.6) is 0 Å². The fourth-order valence-corrected chi connectivity index (χ4v) is 6.74. The summed E-state index contributed by atoms with van der Waals surface area (Å²) in [5.41, 5.74) is 3.34. The molecule has 8 heteroatoms. The number of carbonyl (C=O) groups excluding carboxylic acids is 1. The van der Waals surface area contributed by atoms with Gasteiger partial charge in [0.05, 0.1) is 5.52 Å². The van der Waals surface area contributed by atoms with Crippen molar-refractivity contribution >= 4 is 28.5 Å². The lowest BCUT2D eigenvalue weighted by Crippen LogP contribution is -2.41. The summed E-state index contributed by atoms with van der Waals surface area (Å²) in [5.74, 6) is 0.197. The van der Waals surface area contributed by atoms with Crippen LogP contribution in [-0.2, 0) is 4.74 Å². The number of piperidine rings is 1. The minimum atomic E-state index is -0.235. The van der Waals surface area contributed by atoms with Gasteiger partial charge in [-0.2, -0.15) is 0 Å². The summed E-state index contributed by atoms with van der Waals surface area (Å²) in [6, 6.07) is 12.8. The Labute approximate surface area is 261 Å². The maximum atomic E-state index is 13.6. The van der Waals surface area contributed by atoms with Crippen molar-refractivity contribution in [1.29, 1.82) is 0 Å². The number of urea groups is 1. The van der Waals surface area contributed by atoms with Crippen molar-refractivity contribution in [3.63, 3.8) is 0 Å². The van der Waals surface area contributed by atoms with E-state index >= 15 is 0 Å². The highest BCUT2D eigenvalue weighted by Crippen LogP contribution is 2.37. The zero-order valence-corrected chi connectivity index (χ0v) is 26.5. The third-order valence-electron chi connectivity index (χ3n) is 9.19. The van der Waals surface area contributed by atoms with E-state index in [4.69, 9.17) is 16.3 Å². The lowest BCUT2D eigenvalue weighted by atomic mass is 9.89. The second-order valence-electron chi connectivity index (χ2n) is 12.3. The molecule has 2 aliphatic rings. The number of fused-ring (bicyclic) bond motifs is 1. The summed E-state index contributed by atoms with van der Waals surface area (Å²) >= 11 is 6.42. The van der Waals surface area contributed by atoms with Gasteiger partial charge >= 0.3 is 6.03 Å². The van der Waals surface area contributed by atoms with Crippen molar-refractivity contribution in [1.82, 2.24) is 19.3 Å². The number of hydrogen-bond acceptors (Lipinski definition) is 3. The van der Waals surface area contributed by atoms with Gasteiger partial charge in [0.25, 0.3) is 0 Å². The van der Waals surface area contributed by atoms with Crippen molar-refractivity contribution in [3.8, 4) is 5.69 Å². The molecule has 0 spiro atoms. The van der Waals surface area contributed by atoms with E-state index in [0.29, 0.717) is 12.6 Å². The van der Waals surface area contributed by atoms with Gasteiger partial charge in [0.2, 0.25) is 0 Å². The number of amides is 2. The number of benzene rings is 2. The largest absolute Gasteiger partial charge is 0.361 e. The van der Waals surface area contributed by atoms with Crippen LogP contribution in [-0.4, -0.2) is 77.9 Å².